The quantitative estimate of drug-likeness (QED) is 0.508. The van der Waals surface area contributed by atoms with Gasteiger partial charge in [0.1, 0.15) is 12.5 Å². The van der Waals surface area contributed by atoms with E-state index in [4.69, 9.17) is 20.9 Å². The molecular formula is C8H14N2O2. The van der Waals surface area contributed by atoms with Crippen LogP contribution in [0.4, 0.5) is 0 Å². The van der Waals surface area contributed by atoms with E-state index in [1.54, 1.807) is 0 Å². The van der Waals surface area contributed by atoms with Crippen LogP contribution in [0, 0.1) is 11.8 Å². The van der Waals surface area contributed by atoms with E-state index >= 15 is 0 Å². The van der Waals surface area contributed by atoms with Crippen LogP contribution < -0.4 is 11.5 Å². The van der Waals surface area contributed by atoms with Gasteiger partial charge < -0.3 is 20.9 Å². The lowest BCUT2D eigenvalue weighted by molar-refractivity contribution is -0.0219. The Morgan fingerprint density at radius 1 is 0.833 bits per heavy atom. The van der Waals surface area contributed by atoms with Gasteiger partial charge in [-0.1, -0.05) is 0 Å². The van der Waals surface area contributed by atoms with E-state index in [1.165, 1.54) is 0 Å². The second-order valence-electron chi connectivity index (χ2n) is 4.01. The molecule has 0 aromatic carbocycles. The number of hydrogen-bond donors (Lipinski definition) is 2. The largest absolute Gasteiger partial charge is 0.374 e. The zero-order valence-corrected chi connectivity index (χ0v) is 6.85. The molecule has 0 aliphatic carbocycles. The highest BCUT2D eigenvalue weighted by molar-refractivity contribution is 5.03. The van der Waals surface area contributed by atoms with Crippen molar-refractivity contribution in [2.24, 2.45) is 23.3 Å². The van der Waals surface area contributed by atoms with E-state index in [9.17, 15) is 0 Å². The van der Waals surface area contributed by atoms with Gasteiger partial charge in [0.05, 0.1) is 12.2 Å². The number of rotatable bonds is 0. The molecule has 4 heteroatoms. The smallest absolute Gasteiger partial charge is 0.113 e. The van der Waals surface area contributed by atoms with Gasteiger partial charge in [0.25, 0.3) is 0 Å². The fourth-order valence-electron chi connectivity index (χ4n) is 2.98. The summed E-state index contributed by atoms with van der Waals surface area (Å²) in [4.78, 5) is 0. The van der Waals surface area contributed by atoms with Crippen LogP contribution in [0.15, 0.2) is 0 Å². The van der Waals surface area contributed by atoms with Crippen LogP contribution >= 0.6 is 0 Å². The number of hydrogen-bond acceptors (Lipinski definition) is 4. The Balaban J connectivity index is 1.92. The summed E-state index contributed by atoms with van der Waals surface area (Å²) in [5, 5.41) is 0. The minimum atomic E-state index is -0.194. The summed E-state index contributed by atoms with van der Waals surface area (Å²) in [6.45, 7) is 0. The molecule has 3 aliphatic rings. The van der Waals surface area contributed by atoms with E-state index in [0.29, 0.717) is 24.0 Å². The predicted octanol–water partition coefficient (Wildman–Crippen LogP) is -0.620. The van der Waals surface area contributed by atoms with Crippen LogP contribution in [0.25, 0.3) is 0 Å². The third kappa shape index (κ3) is 0.713. The first kappa shape index (κ1) is 7.26. The molecule has 0 aromatic heterocycles. The summed E-state index contributed by atoms with van der Waals surface area (Å²) < 4.78 is 11.1. The minimum Gasteiger partial charge on any atom is -0.374 e. The molecule has 3 rings (SSSR count). The molecule has 3 aliphatic heterocycles. The molecule has 0 saturated carbocycles. The Bertz CT molecular complexity index is 191. The zero-order chi connectivity index (χ0) is 8.29. The molecule has 12 heavy (non-hydrogen) atoms. The highest BCUT2D eigenvalue weighted by atomic mass is 16.6. The van der Waals surface area contributed by atoms with Gasteiger partial charge >= 0.3 is 0 Å². The standard InChI is InChI=1S/C8H14N2O2/c9-7-5-3-1-2-4(11-3)6(5)8(10)12-7/h3-8H,1-2,9-10H2. The Hall–Kier alpha value is -0.160. The zero-order valence-electron chi connectivity index (χ0n) is 6.85. The number of ether oxygens (including phenoxy) is 2. The lowest BCUT2D eigenvalue weighted by Crippen LogP contribution is -2.37. The molecule has 4 N–H and O–H groups in total. The predicted molar refractivity (Wildman–Crippen MR) is 41.9 cm³/mol. The Morgan fingerprint density at radius 3 is 1.83 bits per heavy atom. The lowest BCUT2D eigenvalue weighted by atomic mass is 9.79. The summed E-state index contributed by atoms with van der Waals surface area (Å²) in [6, 6.07) is 0. The van der Waals surface area contributed by atoms with E-state index in [-0.39, 0.29) is 12.5 Å². The molecule has 3 fully saturated rings. The van der Waals surface area contributed by atoms with Gasteiger partial charge in [-0.3, -0.25) is 0 Å². The molecule has 0 spiro atoms. The van der Waals surface area contributed by atoms with Crippen LogP contribution in [0.5, 0.6) is 0 Å². The minimum absolute atomic E-state index is 0.194. The van der Waals surface area contributed by atoms with Crippen molar-refractivity contribution in [1.82, 2.24) is 0 Å². The highest BCUT2D eigenvalue weighted by Crippen LogP contribution is 2.49. The first-order valence-corrected chi connectivity index (χ1v) is 4.59. The maximum Gasteiger partial charge on any atom is 0.113 e. The molecule has 6 unspecified atom stereocenters. The van der Waals surface area contributed by atoms with Crippen LogP contribution in [0.1, 0.15) is 12.8 Å². The number of fused-ring (bicyclic) bond motifs is 5. The average molecular weight is 170 g/mol. The van der Waals surface area contributed by atoms with Crippen LogP contribution in [0.3, 0.4) is 0 Å². The van der Waals surface area contributed by atoms with Gasteiger partial charge in [0, 0.05) is 11.8 Å². The van der Waals surface area contributed by atoms with Gasteiger partial charge in [-0.25, -0.2) is 0 Å². The molecule has 3 heterocycles. The summed E-state index contributed by atoms with van der Waals surface area (Å²) in [5.74, 6) is 0.720. The molecule has 0 radical (unpaired) electrons. The van der Waals surface area contributed by atoms with Gasteiger partial charge in [0.15, 0.2) is 0 Å². The van der Waals surface area contributed by atoms with Crippen molar-refractivity contribution >= 4 is 0 Å². The Kier molecular flexibility index (Phi) is 1.33. The van der Waals surface area contributed by atoms with E-state index in [1.807, 2.05) is 0 Å². The van der Waals surface area contributed by atoms with Gasteiger partial charge in [-0.2, -0.15) is 0 Å². The summed E-state index contributed by atoms with van der Waals surface area (Å²) >= 11 is 0. The number of nitrogens with two attached hydrogens (primary N) is 2. The van der Waals surface area contributed by atoms with Crippen molar-refractivity contribution in [3.8, 4) is 0 Å². The lowest BCUT2D eigenvalue weighted by Gasteiger charge is -2.21. The van der Waals surface area contributed by atoms with E-state index in [0.717, 1.165) is 12.8 Å². The van der Waals surface area contributed by atoms with Crippen molar-refractivity contribution in [2.45, 2.75) is 37.5 Å². The first-order chi connectivity index (χ1) is 5.77. The summed E-state index contributed by atoms with van der Waals surface area (Å²) in [5.41, 5.74) is 11.6. The summed E-state index contributed by atoms with van der Waals surface area (Å²) in [7, 11) is 0. The highest BCUT2D eigenvalue weighted by Gasteiger charge is 2.58. The molecule has 4 nitrogen and oxygen atoms in total. The molecular weight excluding hydrogens is 156 g/mol. The van der Waals surface area contributed by atoms with Crippen molar-refractivity contribution in [2.75, 3.05) is 0 Å². The van der Waals surface area contributed by atoms with Crippen molar-refractivity contribution in [3.05, 3.63) is 0 Å². The van der Waals surface area contributed by atoms with E-state index in [2.05, 4.69) is 0 Å². The molecule has 68 valence electrons. The fourth-order valence-corrected chi connectivity index (χ4v) is 2.98. The second-order valence-corrected chi connectivity index (χ2v) is 4.01. The molecule has 2 bridgehead atoms. The molecule has 6 atom stereocenters. The Labute approximate surface area is 71.2 Å². The van der Waals surface area contributed by atoms with Crippen LogP contribution in [0.2, 0.25) is 0 Å². The monoisotopic (exact) mass is 170 g/mol. The van der Waals surface area contributed by atoms with Gasteiger partial charge in [-0.05, 0) is 12.8 Å². The van der Waals surface area contributed by atoms with Gasteiger partial charge in [-0.15, -0.1) is 0 Å². The van der Waals surface area contributed by atoms with Crippen molar-refractivity contribution in [1.29, 1.82) is 0 Å². The van der Waals surface area contributed by atoms with Crippen LogP contribution in [-0.2, 0) is 9.47 Å². The topological polar surface area (TPSA) is 70.5 Å². The maximum absolute atomic E-state index is 5.81. The maximum atomic E-state index is 5.81. The van der Waals surface area contributed by atoms with Crippen molar-refractivity contribution < 1.29 is 9.47 Å². The third-order valence-corrected chi connectivity index (χ3v) is 3.46. The second kappa shape index (κ2) is 2.20. The molecule has 0 amide bonds. The average Bonchev–Trinajstić information content (AvgIpc) is 2.64. The normalized spacial score (nSPS) is 62.5. The molecule has 0 aromatic rings. The van der Waals surface area contributed by atoms with Crippen LogP contribution in [-0.4, -0.2) is 24.7 Å². The third-order valence-electron chi connectivity index (χ3n) is 3.46. The van der Waals surface area contributed by atoms with Gasteiger partial charge in [0.2, 0.25) is 0 Å². The fraction of sp³-hybridized carbons (Fsp3) is 1.00. The van der Waals surface area contributed by atoms with Crippen molar-refractivity contribution in [3.63, 3.8) is 0 Å². The summed E-state index contributed by atoms with van der Waals surface area (Å²) in [6.07, 6.45) is 2.53. The van der Waals surface area contributed by atoms with E-state index < -0.39 is 0 Å². The molecule has 3 saturated heterocycles. The first-order valence-electron chi connectivity index (χ1n) is 4.59. The Morgan fingerprint density at radius 2 is 1.33 bits per heavy atom. The SMILES string of the molecule is NC1OC(N)C2C3CCC(O3)C12.